The van der Waals surface area contributed by atoms with E-state index >= 15 is 0 Å². The molecule has 0 radical (unpaired) electrons. The van der Waals surface area contributed by atoms with E-state index in [2.05, 4.69) is 12.2 Å². The second-order valence-electron chi connectivity index (χ2n) is 5.13. The van der Waals surface area contributed by atoms with Gasteiger partial charge in [-0.1, -0.05) is 19.8 Å². The van der Waals surface area contributed by atoms with Gasteiger partial charge in [-0.3, -0.25) is 0 Å². The number of nitrogens with zero attached hydrogens (tertiary/aromatic N) is 1. The standard InChI is InChI=1S/C13H24N2O2/c1-2-12-10-15(8-5-9-17-12)13(16)14-11-6-3-4-7-11/h11-12H,2-10H2,1H3,(H,14,16). The third-order valence-electron chi connectivity index (χ3n) is 3.78. The van der Waals surface area contributed by atoms with Crippen LogP contribution in [0.5, 0.6) is 0 Å². The molecule has 2 amide bonds. The monoisotopic (exact) mass is 240 g/mol. The highest BCUT2D eigenvalue weighted by atomic mass is 16.5. The Kier molecular flexibility index (Phi) is 4.66. The van der Waals surface area contributed by atoms with Gasteiger partial charge in [0.15, 0.2) is 0 Å². The third-order valence-corrected chi connectivity index (χ3v) is 3.78. The number of carbonyl (C=O) groups is 1. The predicted octanol–water partition coefficient (Wildman–Crippen LogP) is 2.14. The van der Waals surface area contributed by atoms with Crippen LogP contribution in [0.2, 0.25) is 0 Å². The Labute approximate surface area is 104 Å². The first-order valence-electron chi connectivity index (χ1n) is 6.96. The summed E-state index contributed by atoms with van der Waals surface area (Å²) in [5.41, 5.74) is 0. The Bertz CT molecular complexity index is 252. The molecule has 1 N–H and O–H groups in total. The van der Waals surface area contributed by atoms with Crippen LogP contribution in [0.1, 0.15) is 45.4 Å². The molecule has 2 fully saturated rings. The number of nitrogens with one attached hydrogen (secondary N) is 1. The van der Waals surface area contributed by atoms with Gasteiger partial charge >= 0.3 is 6.03 Å². The molecule has 0 aromatic rings. The fourth-order valence-corrected chi connectivity index (χ4v) is 2.66. The molecule has 4 nitrogen and oxygen atoms in total. The van der Waals surface area contributed by atoms with Crippen molar-refractivity contribution in [1.29, 1.82) is 0 Å². The molecule has 17 heavy (non-hydrogen) atoms. The van der Waals surface area contributed by atoms with Gasteiger partial charge in [-0.05, 0) is 25.7 Å². The molecule has 1 saturated carbocycles. The number of amides is 2. The molecule has 1 aliphatic carbocycles. The lowest BCUT2D eigenvalue weighted by molar-refractivity contribution is 0.0553. The second-order valence-corrected chi connectivity index (χ2v) is 5.13. The zero-order valence-corrected chi connectivity index (χ0v) is 10.8. The molecule has 1 aliphatic heterocycles. The normalized spacial score (nSPS) is 26.9. The van der Waals surface area contributed by atoms with Crippen molar-refractivity contribution in [2.24, 2.45) is 0 Å². The van der Waals surface area contributed by atoms with Crippen LogP contribution < -0.4 is 5.32 Å². The molecular formula is C13H24N2O2. The van der Waals surface area contributed by atoms with Crippen LogP contribution in [0.25, 0.3) is 0 Å². The van der Waals surface area contributed by atoms with E-state index in [4.69, 9.17) is 4.74 Å². The van der Waals surface area contributed by atoms with Crippen LogP contribution >= 0.6 is 0 Å². The van der Waals surface area contributed by atoms with E-state index in [-0.39, 0.29) is 12.1 Å². The van der Waals surface area contributed by atoms with Crippen LogP contribution in [-0.4, -0.2) is 42.8 Å². The lowest BCUT2D eigenvalue weighted by atomic mass is 10.2. The van der Waals surface area contributed by atoms with E-state index in [1.165, 1.54) is 12.8 Å². The van der Waals surface area contributed by atoms with Gasteiger partial charge in [0.1, 0.15) is 0 Å². The maximum Gasteiger partial charge on any atom is 0.317 e. The van der Waals surface area contributed by atoms with E-state index in [1.54, 1.807) is 0 Å². The lowest BCUT2D eigenvalue weighted by Crippen LogP contribution is -2.46. The first-order valence-corrected chi connectivity index (χ1v) is 6.96. The van der Waals surface area contributed by atoms with Gasteiger partial charge in [-0.25, -0.2) is 4.79 Å². The largest absolute Gasteiger partial charge is 0.376 e. The molecule has 4 heteroatoms. The smallest absolute Gasteiger partial charge is 0.317 e. The number of urea groups is 1. The van der Waals surface area contributed by atoms with Crippen LogP contribution in [0.4, 0.5) is 4.79 Å². The summed E-state index contributed by atoms with van der Waals surface area (Å²) in [6.45, 7) is 4.47. The Morgan fingerprint density at radius 2 is 2.12 bits per heavy atom. The van der Waals surface area contributed by atoms with E-state index in [1.807, 2.05) is 4.90 Å². The maximum atomic E-state index is 12.1. The fraction of sp³-hybridized carbons (Fsp3) is 0.923. The van der Waals surface area contributed by atoms with Crippen molar-refractivity contribution in [1.82, 2.24) is 10.2 Å². The molecule has 0 aromatic carbocycles. The average molecular weight is 240 g/mol. The summed E-state index contributed by atoms with van der Waals surface area (Å²) in [5, 5.41) is 3.15. The van der Waals surface area contributed by atoms with Gasteiger partial charge < -0.3 is 15.0 Å². The van der Waals surface area contributed by atoms with Gasteiger partial charge in [-0.15, -0.1) is 0 Å². The summed E-state index contributed by atoms with van der Waals surface area (Å²) in [5.74, 6) is 0. The number of hydrogen-bond acceptors (Lipinski definition) is 2. The quantitative estimate of drug-likeness (QED) is 0.803. The first-order chi connectivity index (χ1) is 8.29. The summed E-state index contributed by atoms with van der Waals surface area (Å²) < 4.78 is 5.68. The molecule has 0 spiro atoms. The number of ether oxygens (including phenoxy) is 1. The average Bonchev–Trinajstić information content (AvgIpc) is 2.71. The summed E-state index contributed by atoms with van der Waals surface area (Å²) >= 11 is 0. The molecule has 1 saturated heterocycles. The minimum absolute atomic E-state index is 0.112. The topological polar surface area (TPSA) is 41.6 Å². The lowest BCUT2D eigenvalue weighted by Gasteiger charge is -2.25. The molecule has 0 aromatic heterocycles. The van der Waals surface area contributed by atoms with E-state index in [0.29, 0.717) is 6.04 Å². The van der Waals surface area contributed by atoms with Crippen molar-refractivity contribution in [2.45, 2.75) is 57.6 Å². The molecule has 2 rings (SSSR count). The van der Waals surface area contributed by atoms with Crippen molar-refractivity contribution >= 4 is 6.03 Å². The summed E-state index contributed by atoms with van der Waals surface area (Å²) in [6, 6.07) is 0.521. The molecule has 1 heterocycles. The van der Waals surface area contributed by atoms with E-state index < -0.39 is 0 Å². The van der Waals surface area contributed by atoms with Gasteiger partial charge in [0.25, 0.3) is 0 Å². The highest BCUT2D eigenvalue weighted by Crippen LogP contribution is 2.18. The van der Waals surface area contributed by atoms with Gasteiger partial charge in [0.05, 0.1) is 6.10 Å². The summed E-state index contributed by atoms with van der Waals surface area (Å²) in [6.07, 6.45) is 6.95. The fourth-order valence-electron chi connectivity index (χ4n) is 2.66. The second kappa shape index (κ2) is 6.24. The molecule has 1 atom stereocenters. The highest BCUT2D eigenvalue weighted by Gasteiger charge is 2.24. The molecule has 1 unspecified atom stereocenters. The van der Waals surface area contributed by atoms with Gasteiger partial charge in [-0.2, -0.15) is 0 Å². The van der Waals surface area contributed by atoms with E-state index in [0.717, 1.165) is 45.4 Å². The number of carbonyl (C=O) groups excluding carboxylic acids is 1. The minimum Gasteiger partial charge on any atom is -0.376 e. The zero-order valence-electron chi connectivity index (χ0n) is 10.8. The Morgan fingerprint density at radius 3 is 2.82 bits per heavy atom. The molecule has 98 valence electrons. The molecule has 2 aliphatic rings. The highest BCUT2D eigenvalue weighted by molar-refractivity contribution is 5.74. The molecular weight excluding hydrogens is 216 g/mol. The van der Waals surface area contributed by atoms with Crippen LogP contribution in [0.15, 0.2) is 0 Å². The van der Waals surface area contributed by atoms with Crippen molar-refractivity contribution in [3.8, 4) is 0 Å². The van der Waals surface area contributed by atoms with Crippen molar-refractivity contribution in [3.05, 3.63) is 0 Å². The van der Waals surface area contributed by atoms with Gasteiger partial charge in [0, 0.05) is 25.7 Å². The number of rotatable bonds is 2. The Morgan fingerprint density at radius 1 is 1.35 bits per heavy atom. The van der Waals surface area contributed by atoms with Crippen molar-refractivity contribution in [2.75, 3.05) is 19.7 Å². The van der Waals surface area contributed by atoms with Crippen molar-refractivity contribution < 1.29 is 9.53 Å². The van der Waals surface area contributed by atoms with Crippen molar-refractivity contribution in [3.63, 3.8) is 0 Å². The SMILES string of the molecule is CCC1CN(C(=O)NC2CCCC2)CCCO1. The number of hydrogen-bond donors (Lipinski definition) is 1. The minimum atomic E-state index is 0.112. The zero-order chi connectivity index (χ0) is 12.1. The summed E-state index contributed by atoms with van der Waals surface area (Å²) in [4.78, 5) is 14.1. The predicted molar refractivity (Wildman–Crippen MR) is 67.0 cm³/mol. The van der Waals surface area contributed by atoms with Crippen LogP contribution in [0, 0.1) is 0 Å². The van der Waals surface area contributed by atoms with Gasteiger partial charge in [0.2, 0.25) is 0 Å². The molecule has 0 bridgehead atoms. The van der Waals surface area contributed by atoms with E-state index in [9.17, 15) is 4.79 Å². The Balaban J connectivity index is 1.83. The summed E-state index contributed by atoms with van der Waals surface area (Å²) in [7, 11) is 0. The third kappa shape index (κ3) is 3.60. The first kappa shape index (κ1) is 12.7. The maximum absolute atomic E-state index is 12.1. The Hall–Kier alpha value is -0.770. The van der Waals surface area contributed by atoms with Crippen LogP contribution in [0.3, 0.4) is 0 Å². The van der Waals surface area contributed by atoms with Crippen LogP contribution in [-0.2, 0) is 4.74 Å².